The maximum absolute atomic E-state index is 12.4. The van der Waals surface area contributed by atoms with E-state index in [4.69, 9.17) is 9.47 Å². The lowest BCUT2D eigenvalue weighted by atomic mass is 10.0. The Hall–Kier alpha value is -3.27. The molecule has 26 heavy (non-hydrogen) atoms. The number of rotatable bonds is 7. The second-order valence-electron chi connectivity index (χ2n) is 5.90. The fourth-order valence-electron chi connectivity index (χ4n) is 2.60. The lowest BCUT2D eigenvalue weighted by molar-refractivity contribution is 0.0990. The largest absolute Gasteiger partial charge is 0.507 e. The van der Waals surface area contributed by atoms with Gasteiger partial charge in [-0.3, -0.25) is 4.79 Å². The second kappa shape index (κ2) is 8.21. The van der Waals surface area contributed by atoms with Gasteiger partial charge in [0.2, 0.25) is 0 Å². The van der Waals surface area contributed by atoms with E-state index in [9.17, 15) is 9.90 Å². The fourth-order valence-corrected chi connectivity index (χ4v) is 2.60. The van der Waals surface area contributed by atoms with Crippen LogP contribution in [0.25, 0.3) is 0 Å². The van der Waals surface area contributed by atoms with Crippen LogP contribution in [0.15, 0.2) is 72.8 Å². The standard InChI is InChI=1S/C22H20O4/c1-25-18-9-7-16(8-10-18)13-21(23)20-12-11-19(14-22(20)24)26-15-17-5-3-2-4-6-17/h2-12,14,24H,13,15H2,1H3. The first-order valence-electron chi connectivity index (χ1n) is 8.31. The normalized spacial score (nSPS) is 10.3. The zero-order valence-electron chi connectivity index (χ0n) is 14.5. The molecule has 0 amide bonds. The predicted molar refractivity (Wildman–Crippen MR) is 99.9 cm³/mol. The molecule has 3 rings (SSSR count). The van der Waals surface area contributed by atoms with Gasteiger partial charge in [0.25, 0.3) is 0 Å². The Morgan fingerprint density at radius 2 is 1.58 bits per heavy atom. The summed E-state index contributed by atoms with van der Waals surface area (Å²) >= 11 is 0. The summed E-state index contributed by atoms with van der Waals surface area (Å²) in [4.78, 5) is 12.4. The molecule has 4 heteroatoms. The van der Waals surface area contributed by atoms with Crippen molar-refractivity contribution in [2.75, 3.05) is 7.11 Å². The van der Waals surface area contributed by atoms with Crippen LogP contribution in [0.4, 0.5) is 0 Å². The molecule has 0 heterocycles. The van der Waals surface area contributed by atoms with E-state index in [1.165, 1.54) is 6.07 Å². The van der Waals surface area contributed by atoms with Crippen molar-refractivity contribution in [1.82, 2.24) is 0 Å². The van der Waals surface area contributed by atoms with Crippen molar-refractivity contribution in [3.8, 4) is 17.2 Å². The predicted octanol–water partition coefficient (Wildman–Crippen LogP) is 4.41. The Labute approximate surface area is 152 Å². The van der Waals surface area contributed by atoms with E-state index in [1.807, 2.05) is 54.6 Å². The minimum Gasteiger partial charge on any atom is -0.507 e. The number of hydrogen-bond donors (Lipinski definition) is 1. The lowest BCUT2D eigenvalue weighted by Crippen LogP contribution is -2.04. The molecule has 0 aliphatic rings. The molecule has 0 fully saturated rings. The summed E-state index contributed by atoms with van der Waals surface area (Å²) in [5.74, 6) is 1.03. The van der Waals surface area contributed by atoms with Crippen molar-refractivity contribution < 1.29 is 19.4 Å². The van der Waals surface area contributed by atoms with E-state index in [-0.39, 0.29) is 23.5 Å². The third-order valence-electron chi connectivity index (χ3n) is 4.04. The Kier molecular flexibility index (Phi) is 5.54. The topological polar surface area (TPSA) is 55.8 Å². The number of benzene rings is 3. The molecule has 132 valence electrons. The molecule has 0 spiro atoms. The van der Waals surface area contributed by atoms with Gasteiger partial charge >= 0.3 is 0 Å². The van der Waals surface area contributed by atoms with Gasteiger partial charge in [-0.2, -0.15) is 0 Å². The Morgan fingerprint density at radius 1 is 0.885 bits per heavy atom. The van der Waals surface area contributed by atoms with Gasteiger partial charge in [0.05, 0.1) is 12.7 Å². The van der Waals surface area contributed by atoms with E-state index in [0.717, 1.165) is 16.9 Å². The van der Waals surface area contributed by atoms with E-state index in [2.05, 4.69) is 0 Å². The first-order valence-corrected chi connectivity index (χ1v) is 8.31. The number of carbonyl (C=O) groups is 1. The number of methoxy groups -OCH3 is 1. The van der Waals surface area contributed by atoms with Crippen LogP contribution in [0.5, 0.6) is 17.2 Å². The van der Waals surface area contributed by atoms with Gasteiger partial charge in [0.1, 0.15) is 23.9 Å². The number of Topliss-reactive ketones (excluding diaryl/α,β-unsaturated/α-hetero) is 1. The summed E-state index contributed by atoms with van der Waals surface area (Å²) in [6.45, 7) is 0.402. The summed E-state index contributed by atoms with van der Waals surface area (Å²) in [5, 5.41) is 10.2. The van der Waals surface area contributed by atoms with Crippen molar-refractivity contribution in [1.29, 1.82) is 0 Å². The van der Waals surface area contributed by atoms with E-state index >= 15 is 0 Å². The Balaban J connectivity index is 1.65. The molecule has 4 nitrogen and oxygen atoms in total. The van der Waals surface area contributed by atoms with Crippen LogP contribution >= 0.6 is 0 Å². The summed E-state index contributed by atoms with van der Waals surface area (Å²) in [6.07, 6.45) is 0.210. The van der Waals surface area contributed by atoms with Crippen LogP contribution in [-0.2, 0) is 13.0 Å². The zero-order chi connectivity index (χ0) is 18.4. The molecule has 0 atom stereocenters. The molecule has 0 aliphatic heterocycles. The molecule has 0 bridgehead atoms. The van der Waals surface area contributed by atoms with Crippen molar-refractivity contribution in [2.45, 2.75) is 13.0 Å². The number of ether oxygens (including phenoxy) is 2. The number of phenols is 1. The van der Waals surface area contributed by atoms with Gasteiger partial charge in [0.15, 0.2) is 5.78 Å². The highest BCUT2D eigenvalue weighted by Crippen LogP contribution is 2.26. The van der Waals surface area contributed by atoms with Crippen LogP contribution in [0.3, 0.4) is 0 Å². The number of hydrogen-bond acceptors (Lipinski definition) is 4. The highest BCUT2D eigenvalue weighted by Gasteiger charge is 2.13. The lowest BCUT2D eigenvalue weighted by Gasteiger charge is -2.09. The number of aromatic hydroxyl groups is 1. The van der Waals surface area contributed by atoms with E-state index < -0.39 is 0 Å². The van der Waals surface area contributed by atoms with E-state index in [0.29, 0.717) is 12.4 Å². The molecule has 0 unspecified atom stereocenters. The third kappa shape index (κ3) is 4.42. The zero-order valence-corrected chi connectivity index (χ0v) is 14.5. The van der Waals surface area contributed by atoms with Gasteiger partial charge in [0, 0.05) is 12.5 Å². The molecule has 0 aliphatic carbocycles. The van der Waals surface area contributed by atoms with Crippen molar-refractivity contribution in [3.05, 3.63) is 89.5 Å². The first kappa shape index (κ1) is 17.5. The molecule has 0 saturated carbocycles. The molecular weight excluding hydrogens is 328 g/mol. The smallest absolute Gasteiger partial charge is 0.170 e. The summed E-state index contributed by atoms with van der Waals surface area (Å²) in [6, 6.07) is 21.8. The van der Waals surface area contributed by atoms with Crippen LogP contribution in [-0.4, -0.2) is 18.0 Å². The molecular formula is C22H20O4. The average Bonchev–Trinajstić information content (AvgIpc) is 2.68. The maximum atomic E-state index is 12.4. The van der Waals surface area contributed by atoms with Gasteiger partial charge < -0.3 is 14.6 Å². The average molecular weight is 348 g/mol. The van der Waals surface area contributed by atoms with Gasteiger partial charge in [-0.1, -0.05) is 42.5 Å². The number of carbonyl (C=O) groups excluding carboxylic acids is 1. The van der Waals surface area contributed by atoms with Gasteiger partial charge in [-0.25, -0.2) is 0 Å². The van der Waals surface area contributed by atoms with Crippen LogP contribution in [0, 0.1) is 0 Å². The summed E-state index contributed by atoms with van der Waals surface area (Å²) < 4.78 is 10.8. The summed E-state index contributed by atoms with van der Waals surface area (Å²) in [5.41, 5.74) is 2.18. The quantitative estimate of drug-likeness (QED) is 0.643. The molecule has 3 aromatic carbocycles. The molecule has 1 N–H and O–H groups in total. The van der Waals surface area contributed by atoms with Gasteiger partial charge in [-0.05, 0) is 35.4 Å². The highest BCUT2D eigenvalue weighted by atomic mass is 16.5. The molecule has 0 aromatic heterocycles. The van der Waals surface area contributed by atoms with Crippen LogP contribution < -0.4 is 9.47 Å². The molecule has 3 aromatic rings. The SMILES string of the molecule is COc1ccc(CC(=O)c2ccc(OCc3ccccc3)cc2O)cc1. The van der Waals surface area contributed by atoms with Gasteiger partial charge in [-0.15, -0.1) is 0 Å². The molecule has 0 radical (unpaired) electrons. The first-order chi connectivity index (χ1) is 12.7. The third-order valence-corrected chi connectivity index (χ3v) is 4.04. The number of phenolic OH excluding ortho intramolecular Hbond substituents is 1. The fraction of sp³-hybridized carbons (Fsp3) is 0.136. The van der Waals surface area contributed by atoms with Crippen molar-refractivity contribution in [3.63, 3.8) is 0 Å². The molecule has 0 saturated heterocycles. The minimum atomic E-state index is -0.151. The van der Waals surface area contributed by atoms with Crippen LogP contribution in [0.1, 0.15) is 21.5 Å². The van der Waals surface area contributed by atoms with Crippen molar-refractivity contribution in [2.24, 2.45) is 0 Å². The van der Waals surface area contributed by atoms with E-state index in [1.54, 1.807) is 19.2 Å². The van der Waals surface area contributed by atoms with Crippen LogP contribution in [0.2, 0.25) is 0 Å². The Bertz CT molecular complexity index is 870. The highest BCUT2D eigenvalue weighted by molar-refractivity contribution is 6.00. The number of ketones is 1. The van der Waals surface area contributed by atoms with Crippen molar-refractivity contribution >= 4 is 5.78 Å². The second-order valence-corrected chi connectivity index (χ2v) is 5.90. The maximum Gasteiger partial charge on any atom is 0.170 e. The minimum absolute atomic E-state index is 0.0749. The monoisotopic (exact) mass is 348 g/mol. The summed E-state index contributed by atoms with van der Waals surface area (Å²) in [7, 11) is 1.60. The Morgan fingerprint density at radius 3 is 2.23 bits per heavy atom.